The Bertz CT molecular complexity index is 1670. The average molecular weight is 661 g/mol. The fourth-order valence-corrected chi connectivity index (χ4v) is 7.46. The molecule has 256 valence electrons. The van der Waals surface area contributed by atoms with Gasteiger partial charge in [-0.3, -0.25) is 14.4 Å². The van der Waals surface area contributed by atoms with Crippen molar-refractivity contribution in [3.05, 3.63) is 48.2 Å². The lowest BCUT2D eigenvalue weighted by atomic mass is 9.93. The Labute approximate surface area is 279 Å². The van der Waals surface area contributed by atoms with Crippen LogP contribution >= 0.6 is 0 Å². The van der Waals surface area contributed by atoms with Gasteiger partial charge in [0.1, 0.15) is 28.9 Å². The second kappa shape index (κ2) is 12.7. The predicted molar refractivity (Wildman–Crippen MR) is 177 cm³/mol. The summed E-state index contributed by atoms with van der Waals surface area (Å²) in [6.07, 6.45) is 6.71. The molecule has 3 fully saturated rings. The zero-order chi connectivity index (χ0) is 34.4. The minimum atomic E-state index is -1.46. The molecule has 2 saturated heterocycles. The van der Waals surface area contributed by atoms with Crippen LogP contribution < -0.4 is 16.4 Å². The second-order valence-electron chi connectivity index (χ2n) is 14.5. The number of nitrogens with zero attached hydrogens (tertiary/aromatic N) is 3. The van der Waals surface area contributed by atoms with E-state index < -0.39 is 53.0 Å². The Balaban J connectivity index is 1.29. The van der Waals surface area contributed by atoms with Crippen molar-refractivity contribution >= 4 is 46.4 Å². The van der Waals surface area contributed by atoms with Crippen LogP contribution in [0.1, 0.15) is 69.8 Å². The van der Waals surface area contributed by atoms with E-state index in [2.05, 4.69) is 15.6 Å². The van der Waals surface area contributed by atoms with E-state index in [0.717, 1.165) is 24.6 Å². The lowest BCUT2D eigenvalue weighted by Crippen LogP contribution is -2.58. The number of rotatable bonds is 3. The number of pyridine rings is 1. The SMILES string of the molecule is CC(C)(C)OC(=O)N[C@@H]1CCCCC/C=C\[C@H]2C[C@@]2(C(=O)O)NC(=O)[C@@H]2[C@H]3CN(C(=O)c4cc(N)c5ccccc5n4)C[C@H]3CN2C1=O. The highest BCUT2D eigenvalue weighted by Gasteiger charge is 2.62. The van der Waals surface area contributed by atoms with E-state index in [4.69, 9.17) is 10.5 Å². The van der Waals surface area contributed by atoms with Crippen LogP contribution in [-0.2, 0) is 19.1 Å². The number of amides is 4. The number of nitrogens with one attached hydrogen (secondary N) is 2. The molecule has 4 aliphatic rings. The smallest absolute Gasteiger partial charge is 0.408 e. The van der Waals surface area contributed by atoms with Gasteiger partial charge >= 0.3 is 12.1 Å². The Hall–Kier alpha value is -4.68. The van der Waals surface area contributed by atoms with Crippen LogP contribution in [0.3, 0.4) is 0 Å². The van der Waals surface area contributed by atoms with Gasteiger partial charge < -0.3 is 36.0 Å². The predicted octanol–water partition coefficient (Wildman–Crippen LogP) is 3.09. The molecular formula is C35H44N6O7. The number of anilines is 1. The molecule has 3 aliphatic heterocycles. The van der Waals surface area contributed by atoms with E-state index in [1.807, 2.05) is 30.4 Å². The summed E-state index contributed by atoms with van der Waals surface area (Å²) in [5.41, 5.74) is 5.22. The van der Waals surface area contributed by atoms with Gasteiger partial charge in [-0.05, 0) is 58.6 Å². The number of likely N-dealkylation sites (tertiary alicyclic amines) is 1. The van der Waals surface area contributed by atoms with Crippen molar-refractivity contribution in [2.75, 3.05) is 25.4 Å². The largest absolute Gasteiger partial charge is 0.479 e. The summed E-state index contributed by atoms with van der Waals surface area (Å²) in [5.74, 6) is -3.57. The van der Waals surface area contributed by atoms with Crippen LogP contribution in [0.15, 0.2) is 42.5 Å². The van der Waals surface area contributed by atoms with Gasteiger partial charge in [-0.2, -0.15) is 0 Å². The van der Waals surface area contributed by atoms with Crippen molar-refractivity contribution < 1.29 is 33.8 Å². The number of aliphatic carboxylic acids is 1. The van der Waals surface area contributed by atoms with Gasteiger partial charge in [0.25, 0.3) is 5.91 Å². The van der Waals surface area contributed by atoms with E-state index >= 15 is 0 Å². The van der Waals surface area contributed by atoms with Crippen molar-refractivity contribution in [3.8, 4) is 0 Å². The van der Waals surface area contributed by atoms with Crippen molar-refractivity contribution in [1.82, 2.24) is 25.4 Å². The summed E-state index contributed by atoms with van der Waals surface area (Å²) >= 11 is 0. The Kier molecular flexibility index (Phi) is 8.82. The maximum Gasteiger partial charge on any atom is 0.408 e. The molecule has 1 aromatic carbocycles. The number of carboxylic acids is 1. The Morgan fingerprint density at radius 3 is 2.62 bits per heavy atom. The molecule has 6 atom stereocenters. The number of hydrogen-bond acceptors (Lipinski definition) is 8. The van der Waals surface area contributed by atoms with Gasteiger partial charge in [-0.15, -0.1) is 0 Å². The van der Waals surface area contributed by atoms with Crippen LogP contribution in [0.2, 0.25) is 0 Å². The molecule has 1 aromatic heterocycles. The van der Waals surface area contributed by atoms with Gasteiger partial charge in [-0.1, -0.05) is 43.2 Å². The fourth-order valence-electron chi connectivity index (χ4n) is 7.46. The first-order valence-corrected chi connectivity index (χ1v) is 16.7. The Morgan fingerprint density at radius 2 is 1.88 bits per heavy atom. The van der Waals surface area contributed by atoms with Crippen LogP contribution in [-0.4, -0.2) is 92.5 Å². The number of para-hydroxylation sites is 1. The molecule has 5 N–H and O–H groups in total. The molecule has 1 saturated carbocycles. The molecule has 48 heavy (non-hydrogen) atoms. The molecular weight excluding hydrogens is 616 g/mol. The van der Waals surface area contributed by atoms with E-state index in [1.54, 1.807) is 37.8 Å². The highest BCUT2D eigenvalue weighted by atomic mass is 16.6. The summed E-state index contributed by atoms with van der Waals surface area (Å²) in [5, 5.41) is 16.5. The summed E-state index contributed by atoms with van der Waals surface area (Å²) < 4.78 is 5.46. The highest BCUT2D eigenvalue weighted by molar-refractivity contribution is 6.00. The Morgan fingerprint density at radius 1 is 1.10 bits per heavy atom. The monoisotopic (exact) mass is 660 g/mol. The maximum absolute atomic E-state index is 14.3. The third-order valence-electron chi connectivity index (χ3n) is 9.93. The normalized spacial score (nSPS) is 29.9. The number of nitrogens with two attached hydrogens (primary N) is 1. The zero-order valence-electron chi connectivity index (χ0n) is 27.6. The summed E-state index contributed by atoms with van der Waals surface area (Å²) in [6, 6.07) is 6.83. The number of aromatic nitrogens is 1. The molecule has 4 heterocycles. The van der Waals surface area contributed by atoms with Crippen molar-refractivity contribution in [1.29, 1.82) is 0 Å². The number of nitrogen functional groups attached to an aromatic ring is 1. The van der Waals surface area contributed by atoms with Gasteiger partial charge in [0.05, 0.1) is 5.52 Å². The summed E-state index contributed by atoms with van der Waals surface area (Å²) in [7, 11) is 0. The van der Waals surface area contributed by atoms with Crippen molar-refractivity contribution in [2.24, 2.45) is 17.8 Å². The number of carbonyl (C=O) groups is 5. The van der Waals surface area contributed by atoms with Crippen LogP contribution in [0.5, 0.6) is 0 Å². The summed E-state index contributed by atoms with van der Waals surface area (Å²) in [4.78, 5) is 75.2. The van der Waals surface area contributed by atoms with Crippen LogP contribution in [0.4, 0.5) is 10.5 Å². The standard InChI is InChI=1S/C35H44N6O7/c1-34(2,3)48-33(47)38-26-14-8-6-4-5-7-11-21-16-35(21,32(45)46)39-29(42)28-23-19-40(17-20(23)18-41(28)31(26)44)30(43)27-15-24(36)22-12-9-10-13-25(22)37-27/h7,9-13,15,20-21,23,26,28H,4-6,8,14,16-19H2,1-3H3,(H2,36,37)(H,38,47)(H,39,42)(H,45,46)/b11-7-/t20-,21-,23-,26+,28-,35+/m0/s1. The molecule has 4 amide bonds. The second-order valence-corrected chi connectivity index (χ2v) is 14.5. The van der Waals surface area contributed by atoms with Crippen LogP contribution in [0, 0.1) is 17.8 Å². The first-order chi connectivity index (χ1) is 22.8. The molecule has 6 rings (SSSR count). The molecule has 13 nitrogen and oxygen atoms in total. The van der Waals surface area contributed by atoms with E-state index in [0.29, 0.717) is 24.0 Å². The highest BCUT2D eigenvalue weighted by Crippen LogP contribution is 2.46. The topological polar surface area (TPSA) is 184 Å². The molecule has 13 heteroatoms. The number of allylic oxidation sites excluding steroid dienone is 1. The average Bonchev–Trinajstić information content (AvgIpc) is 3.37. The van der Waals surface area contributed by atoms with Gasteiger partial charge in [-0.25, -0.2) is 14.6 Å². The molecule has 1 aliphatic carbocycles. The quantitative estimate of drug-likeness (QED) is 0.359. The van der Waals surface area contributed by atoms with Crippen LogP contribution in [0.25, 0.3) is 10.9 Å². The summed E-state index contributed by atoms with van der Waals surface area (Å²) in [6.45, 7) is 5.79. The number of alkyl carbamates (subject to hydrolysis) is 1. The third-order valence-corrected chi connectivity index (χ3v) is 9.93. The molecule has 0 unspecified atom stereocenters. The lowest BCUT2D eigenvalue weighted by Gasteiger charge is -2.33. The van der Waals surface area contributed by atoms with E-state index in [1.165, 1.54) is 4.90 Å². The first-order valence-electron chi connectivity index (χ1n) is 16.7. The lowest BCUT2D eigenvalue weighted by molar-refractivity contribution is -0.146. The first kappa shape index (κ1) is 33.2. The number of hydrogen-bond donors (Lipinski definition) is 4. The fraction of sp³-hybridized carbons (Fsp3) is 0.543. The number of carboxylic acid groups (broad SMARTS) is 1. The van der Waals surface area contributed by atoms with Gasteiger partial charge in [0.2, 0.25) is 11.8 Å². The van der Waals surface area contributed by atoms with Crippen molar-refractivity contribution in [2.45, 2.75) is 82.5 Å². The molecule has 0 radical (unpaired) electrons. The number of fused-ring (bicyclic) bond motifs is 5. The van der Waals surface area contributed by atoms with Gasteiger partial charge in [0, 0.05) is 48.5 Å². The minimum absolute atomic E-state index is 0.160. The molecule has 0 spiro atoms. The van der Waals surface area contributed by atoms with E-state index in [-0.39, 0.29) is 49.5 Å². The van der Waals surface area contributed by atoms with E-state index in [9.17, 15) is 29.1 Å². The maximum atomic E-state index is 14.3. The van der Waals surface area contributed by atoms with Crippen molar-refractivity contribution in [3.63, 3.8) is 0 Å². The molecule has 2 aromatic rings. The zero-order valence-corrected chi connectivity index (χ0v) is 27.6. The van der Waals surface area contributed by atoms with Gasteiger partial charge in [0.15, 0.2) is 0 Å². The number of ether oxygens (including phenoxy) is 1. The number of carbonyl (C=O) groups excluding carboxylic acids is 4. The minimum Gasteiger partial charge on any atom is -0.479 e. The third kappa shape index (κ3) is 6.54. The molecule has 0 bridgehead atoms. The number of benzene rings is 1.